The van der Waals surface area contributed by atoms with Gasteiger partial charge in [0.05, 0.1) is 59.5 Å². The van der Waals surface area contributed by atoms with Crippen LogP contribution in [0.4, 0.5) is 4.39 Å². The normalized spacial score (nSPS) is 39.0. The zero-order chi connectivity index (χ0) is 54.5. The number of benzene rings is 1. The minimum Gasteiger partial charge on any atom is -0.459 e. The molecule has 3 saturated heterocycles. The molecule has 5 rings (SSSR count). The van der Waals surface area contributed by atoms with E-state index in [1.807, 2.05) is 37.6 Å². The first-order valence-electron chi connectivity index (χ1n) is 26.1. The zero-order valence-corrected chi connectivity index (χ0v) is 45.6. The summed E-state index contributed by atoms with van der Waals surface area (Å²) in [6.45, 7) is 18.8. The van der Waals surface area contributed by atoms with Crippen LogP contribution in [0.3, 0.4) is 0 Å². The maximum absolute atomic E-state index is 14.6. The molecule has 1 amide bonds. The molecule has 3 fully saturated rings. The van der Waals surface area contributed by atoms with Crippen LogP contribution < -0.4 is 5.32 Å². The molecule has 4 heterocycles. The van der Waals surface area contributed by atoms with Crippen LogP contribution in [0, 0.1) is 23.7 Å². The Morgan fingerprint density at radius 1 is 1.01 bits per heavy atom. The number of aliphatic hydroxyl groups excluding tert-OH is 3. The molecule has 20 heteroatoms. The van der Waals surface area contributed by atoms with E-state index in [0.29, 0.717) is 24.3 Å². The van der Waals surface area contributed by atoms with E-state index in [0.717, 1.165) is 5.56 Å². The lowest BCUT2D eigenvalue weighted by Crippen LogP contribution is -2.62. The number of rotatable bonds is 15. The highest BCUT2D eigenvalue weighted by molar-refractivity contribution is 5.92. The molecule has 2 aromatic rings. The quantitative estimate of drug-likeness (QED) is 0.111. The van der Waals surface area contributed by atoms with Crippen LogP contribution >= 0.6 is 0 Å². The van der Waals surface area contributed by atoms with Crippen molar-refractivity contribution >= 4 is 17.7 Å². The number of carbonyl (C=O) groups excluding carboxylic acids is 3. The number of hydrogen-bond donors (Lipinski definition) is 6. The van der Waals surface area contributed by atoms with E-state index < -0.39 is 120 Å². The number of alkyl halides is 1. The van der Waals surface area contributed by atoms with Crippen LogP contribution in [0.25, 0.3) is 5.69 Å². The van der Waals surface area contributed by atoms with Gasteiger partial charge in [-0.25, -0.2) is 9.07 Å². The number of halogens is 1. The molecular weight excluding hydrogens is 948 g/mol. The largest absolute Gasteiger partial charge is 0.459 e. The molecule has 1 aromatic heterocycles. The third-order valence-electron chi connectivity index (χ3n) is 16.3. The van der Waals surface area contributed by atoms with Crippen molar-refractivity contribution in [3.8, 4) is 5.69 Å². The van der Waals surface area contributed by atoms with E-state index in [4.69, 9.17) is 23.7 Å². The Hall–Kier alpha value is -3.54. The number of methoxy groups -OCH3 is 1. The average molecular weight is 1040 g/mol. The summed E-state index contributed by atoms with van der Waals surface area (Å²) >= 11 is 0. The number of esters is 1. The summed E-state index contributed by atoms with van der Waals surface area (Å²) in [6, 6.07) is 5.07. The van der Waals surface area contributed by atoms with E-state index in [9.17, 15) is 44.3 Å². The van der Waals surface area contributed by atoms with Crippen molar-refractivity contribution in [2.45, 2.75) is 205 Å². The van der Waals surface area contributed by atoms with Crippen molar-refractivity contribution in [3.05, 3.63) is 41.7 Å². The molecule has 0 bridgehead atoms. The van der Waals surface area contributed by atoms with Gasteiger partial charge >= 0.3 is 5.97 Å². The number of likely N-dealkylation sites (N-methyl/N-ethyl adjacent to an activating group) is 2. The number of carbonyl (C=O) groups is 3. The minimum atomic E-state index is -1.84. The first-order chi connectivity index (χ1) is 34.1. The highest BCUT2D eigenvalue weighted by Crippen LogP contribution is 2.45. The van der Waals surface area contributed by atoms with Crippen molar-refractivity contribution in [3.63, 3.8) is 0 Å². The first-order valence-corrected chi connectivity index (χ1v) is 26.1. The summed E-state index contributed by atoms with van der Waals surface area (Å²) < 4.78 is 47.8. The summed E-state index contributed by atoms with van der Waals surface area (Å²) in [5.74, 6) is -3.96. The van der Waals surface area contributed by atoms with Crippen molar-refractivity contribution < 1.29 is 68.0 Å². The van der Waals surface area contributed by atoms with Gasteiger partial charge in [-0.3, -0.25) is 14.4 Å². The summed E-state index contributed by atoms with van der Waals surface area (Å²) in [5, 5.41) is 70.6. The zero-order valence-electron chi connectivity index (χ0n) is 45.6. The van der Waals surface area contributed by atoms with Crippen LogP contribution in [-0.2, 0) is 39.7 Å². The Kier molecular flexibility index (Phi) is 20.7. The van der Waals surface area contributed by atoms with Crippen LogP contribution in [-0.4, -0.2) is 199 Å². The molecule has 414 valence electrons. The number of aliphatic hydroxyl groups is 5. The highest BCUT2D eigenvalue weighted by atomic mass is 19.1. The molecule has 19 nitrogen and oxygen atoms in total. The Bertz CT molecular complexity index is 2110. The number of cyclic esters (lactones) is 1. The Balaban J connectivity index is 1.39. The third kappa shape index (κ3) is 14.1. The predicted octanol–water partition coefficient (Wildman–Crippen LogP) is 3.41. The Morgan fingerprint density at radius 3 is 2.27 bits per heavy atom. The molecule has 73 heavy (non-hydrogen) atoms. The molecule has 6 N–H and O–H groups in total. The molecular formula is C53H87FN6O13. The van der Waals surface area contributed by atoms with Crippen molar-refractivity contribution in [1.29, 1.82) is 0 Å². The van der Waals surface area contributed by atoms with E-state index in [1.54, 1.807) is 72.9 Å². The van der Waals surface area contributed by atoms with Crippen molar-refractivity contribution in [2.75, 3.05) is 41.0 Å². The molecule has 1 unspecified atom stereocenters. The second kappa shape index (κ2) is 25.1. The number of ketones is 1. The second-order valence-corrected chi connectivity index (χ2v) is 22.4. The SMILES string of the molecule is CC[C@H]1OC(=O)[C@H](C)C([C@H]2C[C@@](C)(OC)[C@@H](O)[C@H](C)O2)[C@H](C)[C@@H](O[C@@H]2O[C@H](C)C[C@H](N(C)CCC(=O)N[C@H](CF)Cc3ccc(-n4nncc4C(C)=O)cc3)[C@H]2O)[C@](C)(O)C[C@@H](C)CN(C)[C@H](C)[C@@H](O)[C@]1(C)O. The number of aromatic nitrogens is 3. The van der Waals surface area contributed by atoms with Crippen LogP contribution in [0.1, 0.15) is 124 Å². The summed E-state index contributed by atoms with van der Waals surface area (Å²) in [5.41, 5.74) is -2.89. The van der Waals surface area contributed by atoms with Gasteiger partial charge in [0.25, 0.3) is 0 Å². The van der Waals surface area contributed by atoms with Gasteiger partial charge in [0.1, 0.15) is 42.4 Å². The van der Waals surface area contributed by atoms with Crippen LogP contribution in [0.5, 0.6) is 0 Å². The van der Waals surface area contributed by atoms with Gasteiger partial charge in [0.2, 0.25) is 5.91 Å². The van der Waals surface area contributed by atoms with E-state index in [1.165, 1.54) is 31.8 Å². The number of hydrogen-bond acceptors (Lipinski definition) is 17. The van der Waals surface area contributed by atoms with Gasteiger partial charge in [0.15, 0.2) is 12.1 Å². The number of amides is 1. The molecule has 0 radical (unpaired) electrons. The molecule has 0 spiro atoms. The predicted molar refractivity (Wildman–Crippen MR) is 269 cm³/mol. The molecule has 0 saturated carbocycles. The van der Waals surface area contributed by atoms with E-state index in [-0.39, 0.29) is 56.3 Å². The number of nitrogens with one attached hydrogen (secondary N) is 1. The Labute approximate surface area is 431 Å². The summed E-state index contributed by atoms with van der Waals surface area (Å²) in [6.07, 6.45) is -6.62. The van der Waals surface area contributed by atoms with Crippen molar-refractivity contribution in [2.24, 2.45) is 23.7 Å². The third-order valence-corrected chi connectivity index (χ3v) is 16.3. The van der Waals surface area contributed by atoms with E-state index in [2.05, 4.69) is 15.6 Å². The fourth-order valence-electron chi connectivity index (χ4n) is 11.8. The molecule has 3 aliphatic rings. The maximum Gasteiger partial charge on any atom is 0.309 e. The monoisotopic (exact) mass is 1030 g/mol. The fraction of sp³-hybridized carbons (Fsp3) is 0.792. The second-order valence-electron chi connectivity index (χ2n) is 22.4. The standard InChI is InChI=1S/C53H87FN6O13/c1-15-42-53(11,68)46(64)33(6)59(13)28-29(2)24-51(9,67)48(31(4)44(32(5)49(66)72-42)41-25-52(10,69-14)47(65)35(8)71-41)73-50-45(63)39(22-30(3)70-50)58(12)21-20-43(62)56-37(26-54)23-36-16-18-38(19-17-36)60-40(34(7)61)27-55-57-60/h16-19,27,29-33,35,37,39,41-42,44-48,50,63-65,67-68H,15,20-26,28H2,1-14H3,(H,56,62)/t29-,30-,31+,32-,33-,35+,37+,39+,41-,42-,44?,45-,46-,47+,48-,50+,51-,52-,53-/m1/s1. The molecule has 3 aliphatic heterocycles. The summed E-state index contributed by atoms with van der Waals surface area (Å²) in [7, 11) is 5.11. The highest BCUT2D eigenvalue weighted by Gasteiger charge is 2.55. The lowest BCUT2D eigenvalue weighted by molar-refractivity contribution is -0.302. The van der Waals surface area contributed by atoms with Gasteiger partial charge in [-0.05, 0) is 111 Å². The number of ether oxygens (including phenoxy) is 5. The minimum absolute atomic E-state index is 0.00865. The fourth-order valence-corrected chi connectivity index (χ4v) is 11.8. The lowest BCUT2D eigenvalue weighted by atomic mass is 9.68. The molecule has 1 aromatic carbocycles. The van der Waals surface area contributed by atoms with Gasteiger partial charge in [-0.15, -0.1) is 5.10 Å². The number of nitrogens with zero attached hydrogens (tertiary/aromatic N) is 5. The van der Waals surface area contributed by atoms with Crippen molar-refractivity contribution in [1.82, 2.24) is 30.1 Å². The molecule has 19 atom stereocenters. The van der Waals surface area contributed by atoms with Crippen LogP contribution in [0.2, 0.25) is 0 Å². The number of Topliss-reactive ketones (excluding diaryl/α,β-unsaturated/α-hetero) is 1. The van der Waals surface area contributed by atoms with Gasteiger partial charge in [-0.2, -0.15) is 0 Å². The average Bonchev–Trinajstić information content (AvgIpc) is 3.84. The first kappa shape index (κ1) is 60.3. The summed E-state index contributed by atoms with van der Waals surface area (Å²) in [4.78, 5) is 43.7. The van der Waals surface area contributed by atoms with Gasteiger partial charge in [0, 0.05) is 58.0 Å². The Morgan fingerprint density at radius 2 is 1.67 bits per heavy atom. The van der Waals surface area contributed by atoms with Gasteiger partial charge < -0.3 is 64.3 Å². The molecule has 0 aliphatic carbocycles. The lowest BCUT2D eigenvalue weighted by Gasteiger charge is -2.51. The van der Waals surface area contributed by atoms with Crippen LogP contribution in [0.15, 0.2) is 30.5 Å². The topological polar surface area (TPSA) is 248 Å². The van der Waals surface area contributed by atoms with Gasteiger partial charge in [-0.1, -0.05) is 45.0 Å². The van der Waals surface area contributed by atoms with E-state index >= 15 is 0 Å². The maximum atomic E-state index is 14.6. The smallest absolute Gasteiger partial charge is 0.309 e.